The lowest BCUT2D eigenvalue weighted by Gasteiger charge is -2.36. The van der Waals surface area contributed by atoms with Crippen LogP contribution in [0.25, 0.3) is 0 Å². The fourth-order valence-corrected chi connectivity index (χ4v) is 2.35. The number of hydrogen-bond acceptors (Lipinski definition) is 3. The minimum absolute atomic E-state index is 0.00942. The van der Waals surface area contributed by atoms with Crippen LogP contribution in [0.5, 0.6) is 0 Å². The predicted molar refractivity (Wildman–Crippen MR) is 70.2 cm³/mol. The Kier molecular flexibility index (Phi) is 3.70. The predicted octanol–water partition coefficient (Wildman–Crippen LogP) is 1.00. The molecule has 1 aliphatic heterocycles. The molecule has 0 bridgehead atoms. The molecule has 0 radical (unpaired) electrons. The van der Waals surface area contributed by atoms with E-state index in [9.17, 15) is 9.59 Å². The fraction of sp³-hybridized carbons (Fsp3) is 0.500. The molecule has 100 valence electrons. The Balaban J connectivity index is 2.02. The SMILES string of the molecule is CC1(C#N)CCCN(C(=O)Cn2ccc(=O)cc2)C1. The van der Waals surface area contributed by atoms with E-state index in [0.29, 0.717) is 13.1 Å². The Labute approximate surface area is 112 Å². The van der Waals surface area contributed by atoms with Crippen LogP contribution in [0.3, 0.4) is 0 Å². The first-order chi connectivity index (χ1) is 9.02. The van der Waals surface area contributed by atoms with Crippen molar-refractivity contribution in [1.82, 2.24) is 9.47 Å². The van der Waals surface area contributed by atoms with Gasteiger partial charge in [0.2, 0.25) is 5.91 Å². The molecule has 1 atom stereocenters. The van der Waals surface area contributed by atoms with Crippen molar-refractivity contribution >= 4 is 5.91 Å². The second-order valence-electron chi connectivity index (χ2n) is 5.30. The van der Waals surface area contributed by atoms with Gasteiger partial charge in [0.1, 0.15) is 6.54 Å². The maximum Gasteiger partial charge on any atom is 0.242 e. The number of carbonyl (C=O) groups excluding carboxylic acids is 1. The van der Waals surface area contributed by atoms with Gasteiger partial charge in [0.15, 0.2) is 5.43 Å². The molecule has 0 N–H and O–H groups in total. The lowest BCUT2D eigenvalue weighted by molar-refractivity contribution is -0.134. The summed E-state index contributed by atoms with van der Waals surface area (Å²) >= 11 is 0. The van der Waals surface area contributed by atoms with E-state index in [4.69, 9.17) is 5.26 Å². The van der Waals surface area contributed by atoms with Crippen LogP contribution in [0, 0.1) is 16.7 Å². The molecule has 1 aliphatic rings. The summed E-state index contributed by atoms with van der Waals surface area (Å²) in [7, 11) is 0. The molecule has 1 aromatic rings. The molecule has 0 aromatic carbocycles. The number of likely N-dealkylation sites (tertiary alicyclic amines) is 1. The fourth-order valence-electron chi connectivity index (χ4n) is 2.35. The van der Waals surface area contributed by atoms with Gasteiger partial charge in [-0.05, 0) is 19.8 Å². The second kappa shape index (κ2) is 5.27. The van der Waals surface area contributed by atoms with Crippen molar-refractivity contribution < 1.29 is 4.79 Å². The summed E-state index contributed by atoms with van der Waals surface area (Å²) in [5.74, 6) is -0.00942. The van der Waals surface area contributed by atoms with Crippen molar-refractivity contribution in [3.05, 3.63) is 34.7 Å². The molecule has 5 nitrogen and oxygen atoms in total. The van der Waals surface area contributed by atoms with Gasteiger partial charge < -0.3 is 9.47 Å². The maximum atomic E-state index is 12.2. The Hall–Kier alpha value is -2.09. The van der Waals surface area contributed by atoms with Crippen molar-refractivity contribution in [3.8, 4) is 6.07 Å². The van der Waals surface area contributed by atoms with Gasteiger partial charge in [-0.15, -0.1) is 0 Å². The molecule has 0 aliphatic carbocycles. The highest BCUT2D eigenvalue weighted by molar-refractivity contribution is 5.76. The third-order valence-electron chi connectivity index (χ3n) is 3.50. The summed E-state index contributed by atoms with van der Waals surface area (Å²) < 4.78 is 1.68. The van der Waals surface area contributed by atoms with Crippen molar-refractivity contribution in [2.75, 3.05) is 13.1 Å². The highest BCUT2D eigenvalue weighted by atomic mass is 16.2. The number of hydrogen-bond donors (Lipinski definition) is 0. The van der Waals surface area contributed by atoms with Crippen molar-refractivity contribution in [3.63, 3.8) is 0 Å². The largest absolute Gasteiger partial charge is 0.345 e. The van der Waals surface area contributed by atoms with Crippen molar-refractivity contribution in [2.24, 2.45) is 5.41 Å². The van der Waals surface area contributed by atoms with E-state index in [0.717, 1.165) is 12.8 Å². The molecule has 19 heavy (non-hydrogen) atoms. The van der Waals surface area contributed by atoms with Crippen LogP contribution in [-0.4, -0.2) is 28.5 Å². The Morgan fingerprint density at radius 2 is 2.16 bits per heavy atom. The minimum Gasteiger partial charge on any atom is -0.345 e. The molecule has 1 amide bonds. The molecular weight excluding hydrogens is 242 g/mol. The van der Waals surface area contributed by atoms with Gasteiger partial charge in [0.05, 0.1) is 11.5 Å². The zero-order chi connectivity index (χ0) is 13.9. The molecule has 1 saturated heterocycles. The number of aromatic nitrogens is 1. The van der Waals surface area contributed by atoms with Gasteiger partial charge in [-0.25, -0.2) is 0 Å². The number of amides is 1. The smallest absolute Gasteiger partial charge is 0.242 e. The van der Waals surface area contributed by atoms with Gasteiger partial charge in [0, 0.05) is 37.6 Å². The summed E-state index contributed by atoms with van der Waals surface area (Å²) in [5.41, 5.74) is -0.504. The van der Waals surface area contributed by atoms with Crippen molar-refractivity contribution in [1.29, 1.82) is 5.26 Å². The monoisotopic (exact) mass is 259 g/mol. The van der Waals surface area contributed by atoms with Crippen LogP contribution in [0.2, 0.25) is 0 Å². The first-order valence-electron chi connectivity index (χ1n) is 6.38. The van der Waals surface area contributed by atoms with E-state index >= 15 is 0 Å². The normalized spacial score (nSPS) is 22.8. The number of rotatable bonds is 2. The summed E-state index contributed by atoms with van der Waals surface area (Å²) in [6.07, 6.45) is 4.91. The van der Waals surface area contributed by atoms with Gasteiger partial charge >= 0.3 is 0 Å². The first-order valence-corrected chi connectivity index (χ1v) is 6.38. The zero-order valence-corrected chi connectivity index (χ0v) is 11.0. The Morgan fingerprint density at radius 3 is 2.79 bits per heavy atom. The number of nitriles is 1. The molecule has 0 spiro atoms. The van der Waals surface area contributed by atoms with E-state index in [2.05, 4.69) is 6.07 Å². The number of piperidine rings is 1. The third kappa shape index (κ3) is 3.22. The molecule has 2 rings (SSSR count). The van der Waals surface area contributed by atoms with E-state index < -0.39 is 5.41 Å². The van der Waals surface area contributed by atoms with E-state index in [1.807, 2.05) is 6.92 Å². The van der Waals surface area contributed by atoms with Gasteiger partial charge in [-0.2, -0.15) is 5.26 Å². The van der Waals surface area contributed by atoms with E-state index in [1.165, 1.54) is 12.1 Å². The summed E-state index contributed by atoms with van der Waals surface area (Å²) in [4.78, 5) is 24.9. The van der Waals surface area contributed by atoms with Gasteiger partial charge in [0.25, 0.3) is 0 Å². The number of carbonyl (C=O) groups is 1. The van der Waals surface area contributed by atoms with Crippen LogP contribution in [0.1, 0.15) is 19.8 Å². The molecule has 2 heterocycles. The summed E-state index contributed by atoms with van der Waals surface area (Å²) in [6.45, 7) is 3.30. The van der Waals surface area contributed by atoms with E-state index in [1.54, 1.807) is 21.9 Å². The maximum absolute atomic E-state index is 12.2. The van der Waals surface area contributed by atoms with Gasteiger partial charge in [-0.3, -0.25) is 9.59 Å². The lowest BCUT2D eigenvalue weighted by atomic mass is 9.83. The highest BCUT2D eigenvalue weighted by Gasteiger charge is 2.32. The molecule has 1 fully saturated rings. The topological polar surface area (TPSA) is 66.1 Å². The average molecular weight is 259 g/mol. The molecule has 0 saturated carbocycles. The van der Waals surface area contributed by atoms with Crippen LogP contribution in [0.15, 0.2) is 29.3 Å². The first kappa shape index (κ1) is 13.3. The molecule has 1 unspecified atom stereocenters. The van der Waals surface area contributed by atoms with Crippen LogP contribution < -0.4 is 5.43 Å². The molecule has 5 heteroatoms. The highest BCUT2D eigenvalue weighted by Crippen LogP contribution is 2.28. The van der Waals surface area contributed by atoms with Crippen LogP contribution >= 0.6 is 0 Å². The van der Waals surface area contributed by atoms with Gasteiger partial charge in [-0.1, -0.05) is 0 Å². The quantitative estimate of drug-likeness (QED) is 0.795. The third-order valence-corrected chi connectivity index (χ3v) is 3.50. The zero-order valence-electron chi connectivity index (χ0n) is 11.0. The van der Waals surface area contributed by atoms with E-state index in [-0.39, 0.29) is 17.9 Å². The molecular formula is C14H17N3O2. The summed E-state index contributed by atoms with van der Waals surface area (Å²) in [5, 5.41) is 9.14. The van der Waals surface area contributed by atoms with Crippen LogP contribution in [0.4, 0.5) is 0 Å². The Morgan fingerprint density at radius 1 is 1.47 bits per heavy atom. The second-order valence-corrected chi connectivity index (χ2v) is 5.30. The number of pyridine rings is 1. The lowest BCUT2D eigenvalue weighted by Crippen LogP contribution is -2.45. The summed E-state index contributed by atoms with van der Waals surface area (Å²) in [6, 6.07) is 5.16. The number of nitrogens with zero attached hydrogens (tertiary/aromatic N) is 3. The van der Waals surface area contributed by atoms with Crippen LogP contribution in [-0.2, 0) is 11.3 Å². The van der Waals surface area contributed by atoms with Crippen molar-refractivity contribution in [2.45, 2.75) is 26.3 Å². The molecule has 1 aromatic heterocycles. The average Bonchev–Trinajstić information content (AvgIpc) is 2.41. The Bertz CT molecular complexity index is 552. The minimum atomic E-state index is -0.433. The standard InChI is InChI=1S/C14H17N3O2/c1-14(10-15)5-2-6-17(11-14)13(19)9-16-7-3-12(18)4-8-16/h3-4,7-8H,2,5-6,9,11H2,1H3.